The first-order chi connectivity index (χ1) is 5.95. The van der Waals surface area contributed by atoms with Crippen LogP contribution in [0.5, 0.6) is 5.75 Å². The molecule has 0 aliphatic carbocycles. The lowest BCUT2D eigenvalue weighted by molar-refractivity contribution is 0.0692. The standard InChI is InChI=1S/C8H6ClFO3/c1-3-4(9)2-5(10)7(11)6(3)8(12)13/h2,11H,1H3,(H,12,13). The fourth-order valence-electron chi connectivity index (χ4n) is 0.966. The van der Waals surface area contributed by atoms with Crippen molar-refractivity contribution in [3.05, 3.63) is 28.0 Å². The lowest BCUT2D eigenvalue weighted by atomic mass is 10.1. The normalized spacial score (nSPS) is 10.1. The zero-order valence-corrected chi connectivity index (χ0v) is 7.39. The molecule has 0 aromatic heterocycles. The maximum atomic E-state index is 12.8. The SMILES string of the molecule is Cc1c(Cl)cc(F)c(O)c1C(=O)O. The monoisotopic (exact) mass is 204 g/mol. The number of carboxylic acid groups (broad SMARTS) is 1. The van der Waals surface area contributed by atoms with Gasteiger partial charge in [0.25, 0.3) is 0 Å². The molecule has 0 aliphatic rings. The third-order valence-electron chi connectivity index (χ3n) is 1.66. The Balaban J connectivity index is 3.56. The zero-order chi connectivity index (χ0) is 10.2. The Morgan fingerprint density at radius 3 is 2.62 bits per heavy atom. The highest BCUT2D eigenvalue weighted by Gasteiger charge is 2.19. The number of aromatic carboxylic acids is 1. The van der Waals surface area contributed by atoms with E-state index in [0.29, 0.717) is 0 Å². The van der Waals surface area contributed by atoms with Gasteiger partial charge in [0, 0.05) is 5.02 Å². The van der Waals surface area contributed by atoms with Crippen molar-refractivity contribution in [1.29, 1.82) is 0 Å². The van der Waals surface area contributed by atoms with Gasteiger partial charge in [0.1, 0.15) is 5.56 Å². The summed E-state index contributed by atoms with van der Waals surface area (Å²) < 4.78 is 12.8. The molecule has 5 heteroatoms. The molecular formula is C8H6ClFO3. The first-order valence-electron chi connectivity index (χ1n) is 3.36. The maximum absolute atomic E-state index is 12.8. The first-order valence-corrected chi connectivity index (χ1v) is 3.73. The number of benzene rings is 1. The van der Waals surface area contributed by atoms with Gasteiger partial charge in [-0.25, -0.2) is 9.18 Å². The average Bonchev–Trinajstić information content (AvgIpc) is 2.01. The number of carbonyl (C=O) groups is 1. The molecule has 0 amide bonds. The van der Waals surface area contributed by atoms with Gasteiger partial charge in [-0.3, -0.25) is 0 Å². The third kappa shape index (κ3) is 1.58. The molecule has 0 radical (unpaired) electrons. The Morgan fingerprint density at radius 2 is 2.15 bits per heavy atom. The minimum atomic E-state index is -1.41. The topological polar surface area (TPSA) is 57.5 Å². The van der Waals surface area contributed by atoms with Gasteiger partial charge in [0.05, 0.1) is 0 Å². The second kappa shape index (κ2) is 3.22. The Kier molecular flexibility index (Phi) is 2.43. The number of carboxylic acids is 1. The molecule has 0 spiro atoms. The predicted octanol–water partition coefficient (Wildman–Crippen LogP) is 2.19. The van der Waals surface area contributed by atoms with Crippen LogP contribution in [-0.2, 0) is 0 Å². The summed E-state index contributed by atoms with van der Waals surface area (Å²) in [6.07, 6.45) is 0. The molecule has 13 heavy (non-hydrogen) atoms. The van der Waals surface area contributed by atoms with Gasteiger partial charge in [-0.05, 0) is 18.6 Å². The summed E-state index contributed by atoms with van der Waals surface area (Å²) in [5.74, 6) is -3.32. The summed E-state index contributed by atoms with van der Waals surface area (Å²) in [6, 6.07) is 0.874. The molecule has 1 aromatic carbocycles. The second-order valence-corrected chi connectivity index (χ2v) is 2.90. The van der Waals surface area contributed by atoms with Gasteiger partial charge in [-0.2, -0.15) is 0 Å². The largest absolute Gasteiger partial charge is 0.504 e. The van der Waals surface area contributed by atoms with E-state index >= 15 is 0 Å². The predicted molar refractivity (Wildman–Crippen MR) is 44.8 cm³/mol. The minimum Gasteiger partial charge on any atom is -0.504 e. The summed E-state index contributed by atoms with van der Waals surface area (Å²) in [5, 5.41) is 17.6. The third-order valence-corrected chi connectivity index (χ3v) is 2.06. The van der Waals surface area contributed by atoms with Crippen LogP contribution in [0.15, 0.2) is 6.07 Å². The van der Waals surface area contributed by atoms with E-state index in [1.807, 2.05) is 0 Å². The molecule has 0 saturated carbocycles. The van der Waals surface area contributed by atoms with Crippen LogP contribution in [0.1, 0.15) is 15.9 Å². The van der Waals surface area contributed by atoms with Crippen LogP contribution in [0, 0.1) is 12.7 Å². The fraction of sp³-hybridized carbons (Fsp3) is 0.125. The molecule has 0 atom stereocenters. The lowest BCUT2D eigenvalue weighted by Gasteiger charge is -2.06. The average molecular weight is 205 g/mol. The second-order valence-electron chi connectivity index (χ2n) is 2.49. The van der Waals surface area contributed by atoms with Crippen LogP contribution in [0.25, 0.3) is 0 Å². The van der Waals surface area contributed by atoms with Crippen LogP contribution in [0.2, 0.25) is 5.02 Å². The van der Waals surface area contributed by atoms with Gasteiger partial charge < -0.3 is 10.2 Å². The highest BCUT2D eigenvalue weighted by atomic mass is 35.5. The van der Waals surface area contributed by atoms with Crippen molar-refractivity contribution in [2.75, 3.05) is 0 Å². The molecule has 0 aliphatic heterocycles. The molecule has 0 unspecified atom stereocenters. The van der Waals surface area contributed by atoms with Crippen molar-refractivity contribution >= 4 is 17.6 Å². The quantitative estimate of drug-likeness (QED) is 0.737. The van der Waals surface area contributed by atoms with Gasteiger partial charge >= 0.3 is 5.97 Å². The van der Waals surface area contributed by atoms with Crippen molar-refractivity contribution in [1.82, 2.24) is 0 Å². The van der Waals surface area contributed by atoms with Crippen molar-refractivity contribution in [3.63, 3.8) is 0 Å². The van der Waals surface area contributed by atoms with Gasteiger partial charge in [-0.1, -0.05) is 11.6 Å². The molecule has 70 valence electrons. The number of hydrogen-bond acceptors (Lipinski definition) is 2. The molecule has 0 fully saturated rings. The number of rotatable bonds is 1. The Hall–Kier alpha value is -1.29. The first kappa shape index (κ1) is 9.80. The van der Waals surface area contributed by atoms with Crippen LogP contribution < -0.4 is 0 Å². The number of hydrogen-bond donors (Lipinski definition) is 2. The van der Waals surface area contributed by atoms with Crippen molar-refractivity contribution < 1.29 is 19.4 Å². The van der Waals surface area contributed by atoms with Crippen molar-refractivity contribution in [2.45, 2.75) is 6.92 Å². The minimum absolute atomic E-state index is 0.0206. The zero-order valence-electron chi connectivity index (χ0n) is 6.64. The lowest BCUT2D eigenvalue weighted by Crippen LogP contribution is -2.02. The van der Waals surface area contributed by atoms with Crippen molar-refractivity contribution in [2.24, 2.45) is 0 Å². The van der Waals surface area contributed by atoms with E-state index in [4.69, 9.17) is 21.8 Å². The Labute approximate surface area is 78.4 Å². The summed E-state index contributed by atoms with van der Waals surface area (Å²) >= 11 is 5.52. The van der Waals surface area contributed by atoms with E-state index in [2.05, 4.69) is 0 Å². The van der Waals surface area contributed by atoms with Gasteiger partial charge in [0.15, 0.2) is 11.6 Å². The molecule has 0 heterocycles. The molecule has 2 N–H and O–H groups in total. The Morgan fingerprint density at radius 1 is 1.62 bits per heavy atom. The molecule has 0 bridgehead atoms. The highest BCUT2D eigenvalue weighted by molar-refractivity contribution is 6.31. The van der Waals surface area contributed by atoms with Gasteiger partial charge in [-0.15, -0.1) is 0 Å². The molecule has 1 rings (SSSR count). The molecule has 1 aromatic rings. The van der Waals surface area contributed by atoms with Gasteiger partial charge in [0.2, 0.25) is 0 Å². The summed E-state index contributed by atoms with van der Waals surface area (Å²) in [4.78, 5) is 10.6. The molecular weight excluding hydrogens is 199 g/mol. The van der Waals surface area contributed by atoms with Crippen LogP contribution in [0.3, 0.4) is 0 Å². The fourth-order valence-corrected chi connectivity index (χ4v) is 1.16. The summed E-state index contributed by atoms with van der Waals surface area (Å²) in [6.45, 7) is 1.39. The number of aromatic hydroxyl groups is 1. The maximum Gasteiger partial charge on any atom is 0.339 e. The van der Waals surface area contributed by atoms with E-state index in [-0.39, 0.29) is 10.6 Å². The molecule has 3 nitrogen and oxygen atoms in total. The summed E-state index contributed by atoms with van der Waals surface area (Å²) in [7, 11) is 0. The smallest absolute Gasteiger partial charge is 0.339 e. The number of halogens is 2. The van der Waals surface area contributed by atoms with Crippen molar-refractivity contribution in [3.8, 4) is 5.75 Å². The highest BCUT2D eigenvalue weighted by Crippen LogP contribution is 2.30. The van der Waals surface area contributed by atoms with Crippen LogP contribution in [0.4, 0.5) is 4.39 Å². The Bertz CT molecular complexity index is 350. The van der Waals surface area contributed by atoms with E-state index in [1.54, 1.807) is 0 Å². The number of phenols is 1. The van der Waals surface area contributed by atoms with Crippen LogP contribution in [-0.4, -0.2) is 16.2 Å². The summed E-state index contributed by atoms with van der Waals surface area (Å²) in [5.41, 5.74) is -0.349. The van der Waals surface area contributed by atoms with E-state index in [1.165, 1.54) is 6.92 Å². The van der Waals surface area contributed by atoms with E-state index < -0.39 is 23.1 Å². The van der Waals surface area contributed by atoms with E-state index in [0.717, 1.165) is 6.07 Å². The van der Waals surface area contributed by atoms with E-state index in [9.17, 15) is 9.18 Å². The molecule has 0 saturated heterocycles. The van der Waals surface area contributed by atoms with Crippen LogP contribution >= 0.6 is 11.6 Å².